The molecule has 27 heteroatoms. The normalized spacial score (nSPS) is 10.5. The predicted octanol–water partition coefficient (Wildman–Crippen LogP) is 12.3. The summed E-state index contributed by atoms with van der Waals surface area (Å²) < 4.78 is 65.5. The number of anilines is 3. The molecule has 0 atom stereocenters. The van der Waals surface area contributed by atoms with Crippen molar-refractivity contribution >= 4 is 69.5 Å². The van der Waals surface area contributed by atoms with Crippen LogP contribution in [0, 0.1) is 0 Å². The van der Waals surface area contributed by atoms with Crippen molar-refractivity contribution in [3.8, 4) is 58.0 Å². The minimum Gasteiger partial charge on any atom is -0.443 e. The Morgan fingerprint density at radius 3 is 1.35 bits per heavy atom. The largest absolute Gasteiger partial charge is 0.443 e. The molecule has 0 bridgehead atoms. The second kappa shape index (κ2) is 24.7. The average Bonchev–Trinajstić information content (AvgIpc) is 4.21. The lowest BCUT2D eigenvalue weighted by molar-refractivity contribution is -0.137. The monoisotopic (exact) mass is 1060 g/mol. The van der Waals surface area contributed by atoms with Crippen LogP contribution in [0.5, 0.6) is 23.3 Å². The zero-order chi connectivity index (χ0) is 50.9. The van der Waals surface area contributed by atoms with Crippen molar-refractivity contribution in [3.63, 3.8) is 0 Å². The summed E-state index contributed by atoms with van der Waals surface area (Å²) in [5, 5.41) is 5.50. The molecule has 0 saturated heterocycles. The maximum atomic E-state index is 13.0. The zero-order valence-corrected chi connectivity index (χ0v) is 39.0. The molecule has 0 aliphatic heterocycles. The van der Waals surface area contributed by atoms with Gasteiger partial charge in [0.25, 0.3) is 0 Å². The van der Waals surface area contributed by atoms with Gasteiger partial charge in [-0.3, -0.25) is 0 Å². The number of amides is 2. The second-order valence-electron chi connectivity index (χ2n) is 13.5. The molecule has 0 spiro atoms. The van der Waals surface area contributed by atoms with Crippen molar-refractivity contribution in [1.29, 1.82) is 0 Å². The van der Waals surface area contributed by atoms with Gasteiger partial charge in [-0.1, -0.05) is 46.4 Å². The summed E-state index contributed by atoms with van der Waals surface area (Å²) in [6.07, 6.45) is 9.70. The van der Waals surface area contributed by atoms with Crippen LogP contribution < -0.4 is 25.8 Å². The Bertz CT molecular complexity index is 3280. The van der Waals surface area contributed by atoms with Gasteiger partial charge in [0.1, 0.15) is 88.1 Å². The van der Waals surface area contributed by atoms with Crippen molar-refractivity contribution in [1.82, 2.24) is 54.8 Å². The molecule has 0 fully saturated rings. The summed E-state index contributed by atoms with van der Waals surface area (Å²) in [6.45, 7) is 0. The van der Waals surface area contributed by atoms with E-state index in [1.54, 1.807) is 79.1 Å². The highest BCUT2D eigenvalue weighted by atomic mass is 35.5. The quantitative estimate of drug-likeness (QED) is 0.0895. The Labute approximate surface area is 423 Å². The molecule has 0 saturated carbocycles. The number of hydrogen-bond donors (Lipinski definition) is 3. The van der Waals surface area contributed by atoms with Crippen LogP contribution in [0.1, 0.15) is 5.56 Å². The number of benzene rings is 3. The first-order valence-electron chi connectivity index (χ1n) is 19.9. The number of alkyl halides is 3. The first-order chi connectivity index (χ1) is 34.7. The van der Waals surface area contributed by atoms with E-state index in [0.29, 0.717) is 79.0 Å². The number of nitrogens with zero attached hydrogens (tertiary/aromatic N) is 11. The number of nitrogen functional groups attached to an aromatic ring is 1. The molecule has 7 aromatic heterocycles. The Hall–Kier alpha value is -8.77. The SMILES string of the molecule is Clc1cc(-c2ncco2)ncn1.Clc1cc(Cl)ncn1.Nc1ccc(Oc2cc(-c3ncco3)ncn2)cc1.O=C(Nc1ccc(Oc2cc(-c3ncco3)ncn2)cc1)Nc1ccc(Cl)c(C(F)(F)F)c1. The minimum absolute atomic E-state index is 0.0604. The molecule has 0 aliphatic rings. The Morgan fingerprint density at radius 1 is 0.500 bits per heavy atom. The van der Waals surface area contributed by atoms with Gasteiger partial charge in [-0.15, -0.1) is 0 Å². The molecule has 0 aliphatic carbocycles. The standard InChI is InChI=1S/C21H13ClF3N5O3.C13H10N4O2.C7H4ClN3O.C4H2Cl2N2/c22-16-6-3-13(9-15(16)21(23,24)25)30-20(31)29-12-1-4-14(5-2-12)33-18-10-17(27-11-28-18)19-26-7-8-32-19;14-9-1-3-10(4-2-9)19-12-7-11(16-8-17-12)13-15-5-6-18-13;8-6-3-5(10-4-11-6)7-9-1-2-12-7;5-3-1-4(6)8-2-7-3/h1-11H,(H2,29,30,31);1-8H,14H2;1-4H;1-2H. The topological polar surface area (TPSA) is 267 Å². The third-order valence-electron chi connectivity index (χ3n) is 8.44. The number of hydrogen-bond acceptors (Lipinski definition) is 18. The van der Waals surface area contributed by atoms with Crippen LogP contribution in [0.3, 0.4) is 0 Å². The van der Waals surface area contributed by atoms with Crippen LogP contribution in [0.25, 0.3) is 34.8 Å². The van der Waals surface area contributed by atoms with E-state index in [0.717, 1.165) is 12.1 Å². The summed E-state index contributed by atoms with van der Waals surface area (Å²) in [6, 6.07) is 21.9. The number of nitrogens with one attached hydrogen (secondary N) is 2. The van der Waals surface area contributed by atoms with Gasteiger partial charge in [-0.2, -0.15) is 13.2 Å². The van der Waals surface area contributed by atoms with Crippen LogP contribution in [0.4, 0.5) is 35.0 Å². The lowest BCUT2D eigenvalue weighted by atomic mass is 10.2. The summed E-state index contributed by atoms with van der Waals surface area (Å²) in [4.78, 5) is 55.2. The summed E-state index contributed by atoms with van der Waals surface area (Å²) in [5.41, 5.74) is 7.15. The number of carbonyl (C=O) groups excluding carboxylic acids is 1. The van der Waals surface area contributed by atoms with Gasteiger partial charge in [0, 0.05) is 41.3 Å². The van der Waals surface area contributed by atoms with Crippen molar-refractivity contribution in [2.45, 2.75) is 6.18 Å². The fraction of sp³-hybridized carbons (Fsp3) is 0.0222. The Balaban J connectivity index is 0.000000162. The molecule has 72 heavy (non-hydrogen) atoms. The van der Waals surface area contributed by atoms with Crippen molar-refractivity contribution in [2.24, 2.45) is 0 Å². The molecule has 20 nitrogen and oxygen atoms in total. The lowest BCUT2D eigenvalue weighted by Crippen LogP contribution is -2.19. The molecule has 4 N–H and O–H groups in total. The fourth-order valence-corrected chi connectivity index (χ4v) is 6.06. The minimum atomic E-state index is -4.64. The predicted molar refractivity (Wildman–Crippen MR) is 256 cm³/mol. The van der Waals surface area contributed by atoms with E-state index >= 15 is 0 Å². The molecule has 10 rings (SSSR count). The second-order valence-corrected chi connectivity index (χ2v) is 15.0. The highest BCUT2D eigenvalue weighted by Gasteiger charge is 2.33. The maximum absolute atomic E-state index is 13.0. The highest BCUT2D eigenvalue weighted by Crippen LogP contribution is 2.36. The first kappa shape index (κ1) is 51.1. The number of halogens is 7. The van der Waals surface area contributed by atoms with Crippen molar-refractivity contribution < 1.29 is 40.7 Å². The number of ether oxygens (including phenoxy) is 2. The molecule has 364 valence electrons. The van der Waals surface area contributed by atoms with Gasteiger partial charge >= 0.3 is 12.2 Å². The molecule has 0 radical (unpaired) electrons. The molecular formula is C45H29Cl4F3N14O6. The molecule has 10 aromatic rings. The van der Waals surface area contributed by atoms with Gasteiger partial charge in [0.15, 0.2) is 0 Å². The van der Waals surface area contributed by atoms with Crippen molar-refractivity contribution in [3.05, 3.63) is 180 Å². The van der Waals surface area contributed by atoms with Crippen LogP contribution in [-0.2, 0) is 6.18 Å². The van der Waals surface area contributed by atoms with E-state index < -0.39 is 22.8 Å². The van der Waals surface area contributed by atoms with E-state index in [1.807, 2.05) is 0 Å². The lowest BCUT2D eigenvalue weighted by Gasteiger charge is -2.12. The van der Waals surface area contributed by atoms with E-state index in [9.17, 15) is 18.0 Å². The van der Waals surface area contributed by atoms with Gasteiger partial charge in [-0.25, -0.2) is 59.6 Å². The zero-order valence-electron chi connectivity index (χ0n) is 36.0. The number of nitrogens with two attached hydrogens (primary N) is 1. The smallest absolute Gasteiger partial charge is 0.417 e. The number of carbonyl (C=O) groups is 1. The number of urea groups is 1. The van der Waals surface area contributed by atoms with Crippen LogP contribution >= 0.6 is 46.4 Å². The highest BCUT2D eigenvalue weighted by molar-refractivity contribution is 6.33. The van der Waals surface area contributed by atoms with Crippen molar-refractivity contribution in [2.75, 3.05) is 16.4 Å². The van der Waals surface area contributed by atoms with E-state index in [2.05, 4.69) is 65.5 Å². The third-order valence-corrected chi connectivity index (χ3v) is 9.39. The number of aromatic nitrogens is 11. The summed E-state index contributed by atoms with van der Waals surface area (Å²) >= 11 is 22.0. The first-order valence-corrected chi connectivity index (χ1v) is 21.5. The van der Waals surface area contributed by atoms with Crippen LogP contribution in [-0.4, -0.2) is 60.9 Å². The van der Waals surface area contributed by atoms with Crippen LogP contribution in [0.15, 0.2) is 167 Å². The van der Waals surface area contributed by atoms with Gasteiger partial charge in [0.2, 0.25) is 29.4 Å². The molecule has 3 aromatic carbocycles. The fourth-order valence-electron chi connectivity index (χ4n) is 5.33. The summed E-state index contributed by atoms with van der Waals surface area (Å²) in [5.74, 6) is 2.91. The van der Waals surface area contributed by atoms with Gasteiger partial charge in [-0.05, 0) is 66.7 Å². The van der Waals surface area contributed by atoms with Gasteiger partial charge < -0.3 is 39.1 Å². The summed E-state index contributed by atoms with van der Waals surface area (Å²) in [7, 11) is 0. The van der Waals surface area contributed by atoms with Gasteiger partial charge in [0.05, 0.1) is 29.2 Å². The maximum Gasteiger partial charge on any atom is 0.417 e. The molecular weight excluding hydrogens is 1030 g/mol. The number of oxazole rings is 3. The third kappa shape index (κ3) is 15.6. The van der Waals surface area contributed by atoms with E-state index in [1.165, 1.54) is 62.4 Å². The average molecular weight is 1060 g/mol. The van der Waals surface area contributed by atoms with Crippen LogP contribution in [0.2, 0.25) is 20.5 Å². The Morgan fingerprint density at radius 2 is 0.917 bits per heavy atom. The van der Waals surface area contributed by atoms with E-state index in [4.69, 9.17) is 74.9 Å². The molecule has 0 unspecified atom stereocenters. The Kier molecular flexibility index (Phi) is 17.5. The number of rotatable bonds is 9. The molecule has 2 amide bonds. The molecule has 7 heterocycles. The van der Waals surface area contributed by atoms with E-state index in [-0.39, 0.29) is 11.6 Å².